The Morgan fingerprint density at radius 1 is 1.15 bits per heavy atom. The van der Waals surface area contributed by atoms with Gasteiger partial charge in [-0.3, -0.25) is 4.31 Å². The second kappa shape index (κ2) is 7.97. The minimum absolute atomic E-state index is 0.0219. The SMILES string of the molecule is N#Cc1ccc(N2C[C@H]3[C@H]4C[C@H](O)[C@H](C4)[C@@]3(COCc3ccccc3)S2(=O)=O)cc1C(F)(F)F. The number of nitrogens with zero attached hydrogens (tertiary/aromatic N) is 2. The summed E-state index contributed by atoms with van der Waals surface area (Å²) in [5.74, 6) is -0.971. The molecule has 3 fully saturated rings. The maximum absolute atomic E-state index is 14.0. The molecule has 0 spiro atoms. The van der Waals surface area contributed by atoms with Gasteiger partial charge in [-0.25, -0.2) is 8.42 Å². The highest BCUT2D eigenvalue weighted by atomic mass is 32.2. The van der Waals surface area contributed by atoms with Crippen LogP contribution >= 0.6 is 0 Å². The van der Waals surface area contributed by atoms with Crippen LogP contribution in [-0.4, -0.2) is 37.5 Å². The van der Waals surface area contributed by atoms with Gasteiger partial charge in [0.25, 0.3) is 0 Å². The highest BCUT2D eigenvalue weighted by Crippen LogP contribution is 2.62. The van der Waals surface area contributed by atoms with Gasteiger partial charge in [0.1, 0.15) is 4.75 Å². The van der Waals surface area contributed by atoms with Crippen LogP contribution in [0, 0.1) is 29.1 Å². The summed E-state index contributed by atoms with van der Waals surface area (Å²) >= 11 is 0. The molecule has 2 saturated carbocycles. The van der Waals surface area contributed by atoms with Crippen molar-refractivity contribution in [3.63, 3.8) is 0 Å². The molecule has 2 bridgehead atoms. The molecular weight excluding hydrogens is 469 g/mol. The highest BCUT2D eigenvalue weighted by molar-refractivity contribution is 7.94. The molecule has 1 saturated heterocycles. The molecule has 0 amide bonds. The monoisotopic (exact) mass is 492 g/mol. The normalized spacial score (nSPS) is 31.4. The van der Waals surface area contributed by atoms with Gasteiger partial charge in [-0.05, 0) is 42.5 Å². The standard InChI is InChI=1S/C24H23F3N2O4S/c25-24(26,27)19-10-18(7-6-16(19)11-28)29-12-21-17-8-20(22(30)9-17)23(21,34(29,31)32)14-33-13-15-4-2-1-3-5-15/h1-7,10,17,20-22,30H,8-9,12-14H2/t17-,20+,21+,22+,23-/m1/s1. The van der Waals surface area contributed by atoms with E-state index in [1.54, 1.807) is 0 Å². The van der Waals surface area contributed by atoms with E-state index < -0.39 is 44.1 Å². The zero-order valence-electron chi connectivity index (χ0n) is 18.1. The lowest BCUT2D eigenvalue weighted by atomic mass is 9.77. The average molecular weight is 493 g/mol. The van der Waals surface area contributed by atoms with E-state index in [9.17, 15) is 26.7 Å². The van der Waals surface area contributed by atoms with Crippen molar-refractivity contribution < 1.29 is 31.4 Å². The molecule has 0 unspecified atom stereocenters. The van der Waals surface area contributed by atoms with Crippen molar-refractivity contribution in [3.05, 3.63) is 65.2 Å². The predicted octanol–water partition coefficient (Wildman–Crippen LogP) is 3.70. The zero-order chi connectivity index (χ0) is 24.3. The molecule has 180 valence electrons. The molecule has 0 radical (unpaired) electrons. The third kappa shape index (κ3) is 3.33. The number of aliphatic hydroxyl groups excluding tert-OH is 1. The average Bonchev–Trinajstić information content (AvgIpc) is 3.40. The van der Waals surface area contributed by atoms with Crippen LogP contribution in [0.4, 0.5) is 18.9 Å². The second-order valence-corrected chi connectivity index (χ2v) is 11.5. The molecular formula is C24H23F3N2O4S. The van der Waals surface area contributed by atoms with Crippen molar-refractivity contribution >= 4 is 15.7 Å². The molecule has 1 N–H and O–H groups in total. The van der Waals surface area contributed by atoms with Crippen molar-refractivity contribution in [1.29, 1.82) is 5.26 Å². The Morgan fingerprint density at radius 3 is 2.56 bits per heavy atom. The minimum atomic E-state index is -4.80. The Hall–Kier alpha value is -2.61. The van der Waals surface area contributed by atoms with Gasteiger partial charge in [0.2, 0.25) is 10.0 Å². The number of nitriles is 1. The van der Waals surface area contributed by atoms with Gasteiger partial charge in [-0.2, -0.15) is 18.4 Å². The van der Waals surface area contributed by atoms with Crippen LogP contribution in [-0.2, 0) is 27.5 Å². The first-order valence-electron chi connectivity index (χ1n) is 11.0. The Bertz CT molecular complexity index is 1250. The third-order valence-electron chi connectivity index (χ3n) is 7.68. The smallest absolute Gasteiger partial charge is 0.393 e. The first-order chi connectivity index (χ1) is 16.1. The Balaban J connectivity index is 1.52. The zero-order valence-corrected chi connectivity index (χ0v) is 18.9. The van der Waals surface area contributed by atoms with Crippen LogP contribution in [0.5, 0.6) is 0 Å². The van der Waals surface area contributed by atoms with Crippen molar-refractivity contribution in [2.75, 3.05) is 17.5 Å². The molecule has 5 atom stereocenters. The maximum Gasteiger partial charge on any atom is 0.417 e. The van der Waals surface area contributed by atoms with Crippen molar-refractivity contribution in [3.8, 4) is 6.07 Å². The van der Waals surface area contributed by atoms with E-state index in [1.807, 2.05) is 30.3 Å². The second-order valence-electron chi connectivity index (χ2n) is 9.32. The summed E-state index contributed by atoms with van der Waals surface area (Å²) < 4.78 is 74.1. The number of halogens is 3. The van der Waals surface area contributed by atoms with Crippen LogP contribution in [0.1, 0.15) is 29.5 Å². The number of alkyl halides is 3. The third-order valence-corrected chi connectivity index (χ3v) is 10.3. The summed E-state index contributed by atoms with van der Waals surface area (Å²) in [7, 11) is -4.18. The molecule has 3 aliphatic rings. The van der Waals surface area contributed by atoms with Crippen LogP contribution in [0.2, 0.25) is 0 Å². The van der Waals surface area contributed by atoms with E-state index in [1.165, 1.54) is 12.1 Å². The highest BCUT2D eigenvalue weighted by Gasteiger charge is 2.73. The molecule has 1 aliphatic heterocycles. The molecule has 2 aromatic carbocycles. The number of ether oxygens (including phenoxy) is 1. The van der Waals surface area contributed by atoms with Gasteiger partial charge in [-0.1, -0.05) is 30.3 Å². The molecule has 10 heteroatoms. The summed E-state index contributed by atoms with van der Waals surface area (Å²) in [6, 6.07) is 13.8. The number of hydrogen-bond donors (Lipinski definition) is 1. The topological polar surface area (TPSA) is 90.6 Å². The Kier molecular flexibility index (Phi) is 5.43. The first kappa shape index (κ1) is 23.1. The van der Waals surface area contributed by atoms with Gasteiger partial charge >= 0.3 is 6.18 Å². The van der Waals surface area contributed by atoms with E-state index in [-0.39, 0.29) is 37.3 Å². The largest absolute Gasteiger partial charge is 0.417 e. The van der Waals surface area contributed by atoms with Crippen molar-refractivity contribution in [2.24, 2.45) is 17.8 Å². The molecule has 2 aliphatic carbocycles. The van der Waals surface area contributed by atoms with Crippen molar-refractivity contribution in [2.45, 2.75) is 36.5 Å². The molecule has 34 heavy (non-hydrogen) atoms. The fourth-order valence-electron chi connectivity index (χ4n) is 6.20. The van der Waals surface area contributed by atoms with Crippen molar-refractivity contribution in [1.82, 2.24) is 0 Å². The summed E-state index contributed by atoms with van der Waals surface area (Å²) in [4.78, 5) is 0. The number of anilines is 1. The molecule has 1 heterocycles. The summed E-state index contributed by atoms with van der Waals surface area (Å²) in [6.07, 6.45) is -4.58. The van der Waals surface area contributed by atoms with Crippen LogP contribution < -0.4 is 4.31 Å². The quantitative estimate of drug-likeness (QED) is 0.688. The number of rotatable bonds is 5. The Labute approximate surface area is 195 Å². The van der Waals surface area contributed by atoms with E-state index >= 15 is 0 Å². The number of hydrogen-bond acceptors (Lipinski definition) is 5. The van der Waals surface area contributed by atoms with E-state index in [0.29, 0.717) is 12.8 Å². The van der Waals surface area contributed by atoms with E-state index in [2.05, 4.69) is 0 Å². The first-order valence-corrected chi connectivity index (χ1v) is 12.5. The van der Waals surface area contributed by atoms with Gasteiger partial charge in [0.15, 0.2) is 0 Å². The Morgan fingerprint density at radius 2 is 1.88 bits per heavy atom. The molecule has 2 aromatic rings. The fraction of sp³-hybridized carbons (Fsp3) is 0.458. The summed E-state index contributed by atoms with van der Waals surface area (Å²) in [5, 5.41) is 19.7. The number of aliphatic hydroxyl groups is 1. The van der Waals surface area contributed by atoms with Gasteiger partial charge in [-0.15, -0.1) is 0 Å². The summed E-state index contributed by atoms with van der Waals surface area (Å²) in [6.45, 7) is 0.0630. The minimum Gasteiger partial charge on any atom is -0.393 e. The predicted molar refractivity (Wildman–Crippen MR) is 117 cm³/mol. The number of fused-ring (bicyclic) bond motifs is 5. The maximum atomic E-state index is 14.0. The van der Waals surface area contributed by atoms with Gasteiger partial charge in [0, 0.05) is 18.4 Å². The van der Waals surface area contributed by atoms with E-state index in [4.69, 9.17) is 10.00 Å². The lowest BCUT2D eigenvalue weighted by Crippen LogP contribution is -2.55. The van der Waals surface area contributed by atoms with Gasteiger partial charge < -0.3 is 9.84 Å². The molecule has 6 nitrogen and oxygen atoms in total. The number of benzene rings is 2. The summed E-state index contributed by atoms with van der Waals surface area (Å²) in [5.41, 5.74) is -0.994. The molecule has 0 aromatic heterocycles. The fourth-order valence-corrected chi connectivity index (χ4v) is 8.88. The molecule has 5 rings (SSSR count). The van der Waals surface area contributed by atoms with Gasteiger partial charge in [0.05, 0.1) is 42.2 Å². The lowest BCUT2D eigenvalue weighted by Gasteiger charge is -2.39. The van der Waals surface area contributed by atoms with Crippen LogP contribution in [0.25, 0.3) is 0 Å². The van der Waals surface area contributed by atoms with E-state index in [0.717, 1.165) is 22.0 Å². The number of sulfonamides is 1. The lowest BCUT2D eigenvalue weighted by molar-refractivity contribution is -0.137. The van der Waals surface area contributed by atoms with Crippen LogP contribution in [0.15, 0.2) is 48.5 Å². The van der Waals surface area contributed by atoms with Crippen LogP contribution in [0.3, 0.4) is 0 Å².